The van der Waals surface area contributed by atoms with E-state index in [0.717, 1.165) is 0 Å². The van der Waals surface area contributed by atoms with E-state index in [-0.39, 0.29) is 0 Å². The summed E-state index contributed by atoms with van der Waals surface area (Å²) in [4.78, 5) is 7.36. The Kier molecular flexibility index (Phi) is 6.51. The molecule has 0 aliphatic heterocycles. The molecule has 9 heavy (non-hydrogen) atoms. The van der Waals surface area contributed by atoms with Crippen LogP contribution in [-0.2, 0) is 18.9 Å². The summed E-state index contributed by atoms with van der Waals surface area (Å²) in [7, 11) is 1.56. The van der Waals surface area contributed by atoms with Gasteiger partial charge in [0.25, 0.3) is 0 Å². The third kappa shape index (κ3) is 3.75. The number of halogens is 1. The Hall–Kier alpha value is 0.230. The molecule has 0 spiro atoms. The Morgan fingerprint density at radius 1 is 1.78 bits per heavy atom. The molecule has 0 aliphatic carbocycles. The van der Waals surface area contributed by atoms with Crippen LogP contribution in [0.3, 0.4) is 0 Å². The SMILES string of the molecule is COc1c[n-]cn1.[Br][Au]. The van der Waals surface area contributed by atoms with Crippen molar-refractivity contribution in [2.75, 3.05) is 7.11 Å². The van der Waals surface area contributed by atoms with Gasteiger partial charge in [0, 0.05) is 0 Å². The molecule has 0 unspecified atom stereocenters. The van der Waals surface area contributed by atoms with Crippen LogP contribution in [0.5, 0.6) is 5.88 Å². The number of imidazole rings is 1. The zero-order valence-electron chi connectivity index (χ0n) is 4.64. The fourth-order valence-electron chi connectivity index (χ4n) is 0.326. The molecule has 5 heteroatoms. The van der Waals surface area contributed by atoms with Gasteiger partial charge in [0.1, 0.15) is 5.88 Å². The summed E-state index contributed by atoms with van der Waals surface area (Å²) in [6.07, 6.45) is 3.00. The predicted octanol–water partition coefficient (Wildman–Crippen LogP) is 0.890. The van der Waals surface area contributed by atoms with Crippen LogP contribution in [-0.4, -0.2) is 12.1 Å². The van der Waals surface area contributed by atoms with Crippen LogP contribution in [0.25, 0.3) is 0 Å². The average Bonchev–Trinajstić information content (AvgIpc) is 2.43. The second-order valence-corrected chi connectivity index (χ2v) is 1.07. The minimum absolute atomic E-state index is 0.569. The number of aromatic nitrogens is 2. The van der Waals surface area contributed by atoms with Gasteiger partial charge in [-0.05, 0) is 6.20 Å². The van der Waals surface area contributed by atoms with E-state index in [1.54, 1.807) is 13.3 Å². The summed E-state index contributed by atoms with van der Waals surface area (Å²) in [6.45, 7) is 0. The molecule has 1 rings (SSSR count). The standard InChI is InChI=1S/C4H5N2O.Au.BrH/c1-7-4-2-5-3-6-4;;/h2-3H,1H3;;1H/q-1;+1;/p-1. The molecule has 56 valence electrons. The number of ether oxygens (including phenoxy) is 1. The zero-order chi connectivity index (χ0) is 7.11. The number of hydrogen-bond acceptors (Lipinski definition) is 2. The van der Waals surface area contributed by atoms with E-state index in [1.165, 1.54) is 6.33 Å². The Morgan fingerprint density at radius 2 is 2.44 bits per heavy atom. The summed E-state index contributed by atoms with van der Waals surface area (Å²) in [5.74, 6) is 0.569. The summed E-state index contributed by atoms with van der Waals surface area (Å²) in [6, 6.07) is 0. The molecule has 0 aromatic carbocycles. The normalized spacial score (nSPS) is 7.56. The van der Waals surface area contributed by atoms with E-state index >= 15 is 0 Å². The molecular formula is C4H5AuBrN2O-. The zero-order valence-corrected chi connectivity index (χ0v) is 8.39. The maximum atomic E-state index is 4.68. The topological polar surface area (TPSA) is 36.2 Å². The number of methoxy groups -OCH3 is 1. The predicted molar refractivity (Wildman–Crippen MR) is 33.0 cm³/mol. The Bertz CT molecular complexity index is 133. The monoisotopic (exact) mass is 373 g/mol. The van der Waals surface area contributed by atoms with Gasteiger partial charge < -0.3 is 14.7 Å². The molecule has 0 N–H and O–H groups in total. The molecule has 0 fully saturated rings. The van der Waals surface area contributed by atoms with Crippen LogP contribution in [0.1, 0.15) is 0 Å². The van der Waals surface area contributed by atoms with E-state index < -0.39 is 0 Å². The molecule has 0 atom stereocenters. The molecule has 0 saturated carbocycles. The fourth-order valence-corrected chi connectivity index (χ4v) is 0.326. The van der Waals surface area contributed by atoms with Crippen LogP contribution >= 0.6 is 13.0 Å². The van der Waals surface area contributed by atoms with Crippen LogP contribution in [0.4, 0.5) is 0 Å². The first-order valence-corrected chi connectivity index (χ1v) is 6.75. The van der Waals surface area contributed by atoms with Gasteiger partial charge in [0.2, 0.25) is 0 Å². The Morgan fingerprint density at radius 3 is 2.67 bits per heavy atom. The van der Waals surface area contributed by atoms with E-state index in [9.17, 15) is 0 Å². The molecule has 0 radical (unpaired) electrons. The van der Waals surface area contributed by atoms with Gasteiger partial charge in [-0.1, -0.05) is 6.33 Å². The summed E-state index contributed by atoms with van der Waals surface area (Å²) in [5.41, 5.74) is 0. The van der Waals surface area contributed by atoms with Gasteiger partial charge in [0.15, 0.2) is 0 Å². The molecule has 0 aliphatic rings. The van der Waals surface area contributed by atoms with Crippen molar-refractivity contribution in [2.24, 2.45) is 0 Å². The number of rotatable bonds is 1. The van der Waals surface area contributed by atoms with Crippen LogP contribution in [0.2, 0.25) is 0 Å². The first kappa shape index (κ1) is 9.23. The second-order valence-electron chi connectivity index (χ2n) is 1.07. The molecule has 1 heterocycles. The van der Waals surface area contributed by atoms with E-state index in [1.807, 2.05) is 0 Å². The van der Waals surface area contributed by atoms with Crippen molar-refractivity contribution in [1.29, 1.82) is 0 Å². The van der Waals surface area contributed by atoms with Gasteiger partial charge in [-0.3, -0.25) is 0 Å². The molecule has 0 bridgehead atoms. The first-order valence-electron chi connectivity index (χ1n) is 2.01. The molecule has 1 aromatic rings. The van der Waals surface area contributed by atoms with Gasteiger partial charge in [-0.15, -0.1) is 0 Å². The van der Waals surface area contributed by atoms with Crippen LogP contribution in [0.15, 0.2) is 12.5 Å². The van der Waals surface area contributed by atoms with Crippen molar-refractivity contribution >= 4 is 13.0 Å². The van der Waals surface area contributed by atoms with E-state index in [4.69, 9.17) is 0 Å². The van der Waals surface area contributed by atoms with E-state index in [2.05, 4.69) is 46.7 Å². The third-order valence-electron chi connectivity index (χ3n) is 0.646. The Balaban J connectivity index is 0.000000291. The van der Waals surface area contributed by atoms with Crippen molar-refractivity contribution in [3.8, 4) is 5.88 Å². The van der Waals surface area contributed by atoms with Crippen molar-refractivity contribution in [3.63, 3.8) is 0 Å². The van der Waals surface area contributed by atoms with Gasteiger partial charge in [-0.25, -0.2) is 0 Å². The molecule has 1 aromatic heterocycles. The Labute approximate surface area is 72.1 Å². The minimum atomic E-state index is 0.569. The summed E-state index contributed by atoms with van der Waals surface area (Å²) < 4.78 is 4.68. The molecule has 0 amide bonds. The third-order valence-corrected chi connectivity index (χ3v) is 0.646. The van der Waals surface area contributed by atoms with Gasteiger partial charge >= 0.3 is 32.0 Å². The molecule has 3 nitrogen and oxygen atoms in total. The van der Waals surface area contributed by atoms with Crippen LogP contribution in [0, 0.1) is 0 Å². The molecule has 0 saturated heterocycles. The average molecular weight is 374 g/mol. The maximum absolute atomic E-state index is 4.68. The van der Waals surface area contributed by atoms with Crippen molar-refractivity contribution in [2.45, 2.75) is 0 Å². The quantitative estimate of drug-likeness (QED) is 0.686. The van der Waals surface area contributed by atoms with Crippen molar-refractivity contribution in [3.05, 3.63) is 12.5 Å². The van der Waals surface area contributed by atoms with Crippen molar-refractivity contribution in [1.82, 2.24) is 9.97 Å². The van der Waals surface area contributed by atoms with Crippen molar-refractivity contribution < 1.29 is 23.7 Å². The van der Waals surface area contributed by atoms with E-state index in [0.29, 0.717) is 5.88 Å². The summed E-state index contributed by atoms with van der Waals surface area (Å²) in [5, 5.41) is 0. The van der Waals surface area contributed by atoms with Gasteiger partial charge in [-0.2, -0.15) is 0 Å². The number of nitrogens with zero attached hydrogens (tertiary/aromatic N) is 2. The summed E-state index contributed by atoms with van der Waals surface area (Å²) >= 11 is 4.97. The molecular weight excluding hydrogens is 369 g/mol. The van der Waals surface area contributed by atoms with Crippen LogP contribution < -0.4 is 9.72 Å². The second kappa shape index (κ2) is 6.35. The fraction of sp³-hybridized carbons (Fsp3) is 0.250. The first-order chi connectivity index (χ1) is 4.43. The number of hydrogen-bond donors (Lipinski definition) is 0. The van der Waals surface area contributed by atoms with Gasteiger partial charge in [0.05, 0.1) is 7.11 Å².